The number of carbonyl (C=O) groups is 2. The molecule has 0 unspecified atom stereocenters. The SMILES string of the molecule is Cc1ccc2c(NC(=O)CNC(=O)c3ccc(=O)[nH]c3)cccc2n1. The van der Waals surface area contributed by atoms with Crippen molar-refractivity contribution < 1.29 is 9.59 Å². The van der Waals surface area contributed by atoms with E-state index in [2.05, 4.69) is 20.6 Å². The van der Waals surface area contributed by atoms with Crippen LogP contribution in [-0.2, 0) is 4.79 Å². The van der Waals surface area contributed by atoms with Crippen molar-refractivity contribution in [3.63, 3.8) is 0 Å². The van der Waals surface area contributed by atoms with Crippen LogP contribution in [0.25, 0.3) is 10.9 Å². The molecule has 0 bridgehead atoms. The van der Waals surface area contributed by atoms with Crippen molar-refractivity contribution >= 4 is 28.4 Å². The number of hydrogen-bond acceptors (Lipinski definition) is 4. The fourth-order valence-corrected chi connectivity index (χ4v) is 2.37. The first-order valence-corrected chi connectivity index (χ1v) is 7.66. The van der Waals surface area contributed by atoms with Crippen LogP contribution in [0.15, 0.2) is 53.5 Å². The highest BCUT2D eigenvalue weighted by Crippen LogP contribution is 2.22. The Hall–Kier alpha value is -3.48. The zero-order valence-electron chi connectivity index (χ0n) is 13.5. The molecule has 3 aromatic rings. The average molecular weight is 336 g/mol. The van der Waals surface area contributed by atoms with Crippen molar-refractivity contribution in [1.29, 1.82) is 0 Å². The normalized spacial score (nSPS) is 10.4. The first-order valence-electron chi connectivity index (χ1n) is 7.66. The zero-order chi connectivity index (χ0) is 17.8. The number of amides is 2. The predicted octanol–water partition coefficient (Wildman–Crippen LogP) is 1.60. The zero-order valence-corrected chi connectivity index (χ0v) is 13.5. The molecule has 0 aliphatic heterocycles. The number of nitrogens with one attached hydrogen (secondary N) is 3. The second-order valence-electron chi connectivity index (χ2n) is 5.50. The van der Waals surface area contributed by atoms with Crippen LogP contribution in [0.3, 0.4) is 0 Å². The average Bonchev–Trinajstić information content (AvgIpc) is 2.60. The molecule has 2 heterocycles. The molecule has 0 saturated carbocycles. The van der Waals surface area contributed by atoms with Crippen LogP contribution in [0.2, 0.25) is 0 Å². The summed E-state index contributed by atoms with van der Waals surface area (Å²) in [5.74, 6) is -0.799. The number of aryl methyl sites for hydroxylation is 1. The quantitative estimate of drug-likeness (QED) is 0.673. The molecule has 0 aliphatic carbocycles. The predicted molar refractivity (Wildman–Crippen MR) is 94.5 cm³/mol. The highest BCUT2D eigenvalue weighted by atomic mass is 16.2. The smallest absolute Gasteiger partial charge is 0.253 e. The number of carbonyl (C=O) groups excluding carboxylic acids is 2. The number of fused-ring (bicyclic) bond motifs is 1. The molecule has 0 atom stereocenters. The number of H-pyrrole nitrogens is 1. The first-order chi connectivity index (χ1) is 12.0. The molecule has 126 valence electrons. The Labute approximate surface area is 143 Å². The fraction of sp³-hybridized carbons (Fsp3) is 0.111. The Kier molecular flexibility index (Phi) is 4.56. The van der Waals surface area contributed by atoms with Crippen molar-refractivity contribution in [2.75, 3.05) is 11.9 Å². The van der Waals surface area contributed by atoms with Gasteiger partial charge in [0.2, 0.25) is 11.5 Å². The van der Waals surface area contributed by atoms with Crippen molar-refractivity contribution in [2.45, 2.75) is 6.92 Å². The molecule has 3 rings (SSSR count). The van der Waals surface area contributed by atoms with Crippen LogP contribution >= 0.6 is 0 Å². The molecule has 0 aliphatic rings. The molecular weight excluding hydrogens is 320 g/mol. The van der Waals surface area contributed by atoms with Crippen LogP contribution in [0.5, 0.6) is 0 Å². The van der Waals surface area contributed by atoms with Gasteiger partial charge in [0, 0.05) is 23.3 Å². The van der Waals surface area contributed by atoms with E-state index in [-0.39, 0.29) is 23.6 Å². The molecule has 2 amide bonds. The minimum absolute atomic E-state index is 0.187. The van der Waals surface area contributed by atoms with Gasteiger partial charge in [0.15, 0.2) is 0 Å². The van der Waals surface area contributed by atoms with Gasteiger partial charge in [-0.25, -0.2) is 0 Å². The lowest BCUT2D eigenvalue weighted by Crippen LogP contribution is -2.33. The topological polar surface area (TPSA) is 104 Å². The highest BCUT2D eigenvalue weighted by molar-refractivity contribution is 6.03. The Bertz CT molecular complexity index is 990. The van der Waals surface area contributed by atoms with E-state index in [1.54, 1.807) is 6.07 Å². The minimum Gasteiger partial charge on any atom is -0.343 e. The summed E-state index contributed by atoms with van der Waals surface area (Å²) in [5.41, 5.74) is 2.29. The van der Waals surface area contributed by atoms with Gasteiger partial charge < -0.3 is 15.6 Å². The second kappa shape index (κ2) is 6.96. The number of pyridine rings is 2. The summed E-state index contributed by atoms with van der Waals surface area (Å²) in [6, 6.07) is 11.9. The lowest BCUT2D eigenvalue weighted by molar-refractivity contribution is -0.115. The van der Waals surface area contributed by atoms with E-state index in [9.17, 15) is 14.4 Å². The van der Waals surface area contributed by atoms with Gasteiger partial charge in [-0.1, -0.05) is 6.07 Å². The largest absolute Gasteiger partial charge is 0.343 e. The third-order valence-corrected chi connectivity index (χ3v) is 3.60. The third kappa shape index (κ3) is 3.89. The van der Waals surface area contributed by atoms with E-state index < -0.39 is 5.91 Å². The molecule has 3 N–H and O–H groups in total. The summed E-state index contributed by atoms with van der Waals surface area (Å²) in [5, 5.41) is 6.10. The molecule has 0 spiro atoms. The van der Waals surface area contributed by atoms with Gasteiger partial charge in [-0.2, -0.15) is 0 Å². The van der Waals surface area contributed by atoms with Crippen LogP contribution in [0.4, 0.5) is 5.69 Å². The van der Waals surface area contributed by atoms with Crippen LogP contribution in [0, 0.1) is 6.92 Å². The number of benzene rings is 1. The summed E-state index contributed by atoms with van der Waals surface area (Å²) in [6.45, 7) is 1.71. The summed E-state index contributed by atoms with van der Waals surface area (Å²) >= 11 is 0. The van der Waals surface area contributed by atoms with E-state index in [1.807, 2.05) is 31.2 Å². The minimum atomic E-state index is -0.443. The van der Waals surface area contributed by atoms with Gasteiger partial charge in [-0.3, -0.25) is 19.4 Å². The van der Waals surface area contributed by atoms with E-state index in [1.165, 1.54) is 18.3 Å². The maximum Gasteiger partial charge on any atom is 0.253 e. The van der Waals surface area contributed by atoms with Crippen LogP contribution in [0.1, 0.15) is 16.1 Å². The molecule has 0 saturated heterocycles. The Morgan fingerprint density at radius 1 is 1.12 bits per heavy atom. The maximum absolute atomic E-state index is 12.1. The molecule has 25 heavy (non-hydrogen) atoms. The summed E-state index contributed by atoms with van der Waals surface area (Å²) in [6.07, 6.45) is 1.30. The Morgan fingerprint density at radius 2 is 1.96 bits per heavy atom. The third-order valence-electron chi connectivity index (χ3n) is 3.60. The Morgan fingerprint density at radius 3 is 2.72 bits per heavy atom. The number of anilines is 1. The second-order valence-corrected chi connectivity index (χ2v) is 5.50. The lowest BCUT2D eigenvalue weighted by atomic mass is 10.1. The fourth-order valence-electron chi connectivity index (χ4n) is 2.37. The van der Waals surface area contributed by atoms with Gasteiger partial charge in [-0.15, -0.1) is 0 Å². The van der Waals surface area contributed by atoms with Crippen molar-refractivity contribution in [3.8, 4) is 0 Å². The van der Waals surface area contributed by atoms with Crippen molar-refractivity contribution in [3.05, 3.63) is 70.3 Å². The molecule has 0 fully saturated rings. The van der Waals surface area contributed by atoms with Crippen LogP contribution < -0.4 is 16.2 Å². The maximum atomic E-state index is 12.1. The van der Waals surface area contributed by atoms with Gasteiger partial charge in [0.25, 0.3) is 5.91 Å². The van der Waals surface area contributed by atoms with E-state index in [0.717, 1.165) is 16.6 Å². The van der Waals surface area contributed by atoms with Crippen molar-refractivity contribution in [2.24, 2.45) is 0 Å². The van der Waals surface area contributed by atoms with Crippen molar-refractivity contribution in [1.82, 2.24) is 15.3 Å². The van der Waals surface area contributed by atoms with Gasteiger partial charge in [0.1, 0.15) is 0 Å². The molecule has 2 aromatic heterocycles. The molecule has 0 radical (unpaired) electrons. The standard InChI is InChI=1S/C18H16N4O3/c1-11-5-7-13-14(21-11)3-2-4-15(13)22-17(24)10-20-18(25)12-6-8-16(23)19-9-12/h2-9H,10H2,1H3,(H,19,23)(H,20,25)(H,22,24). The molecule has 1 aromatic carbocycles. The number of nitrogens with zero attached hydrogens (tertiary/aromatic N) is 1. The number of aromatic nitrogens is 2. The van der Waals surface area contributed by atoms with Gasteiger partial charge in [-0.05, 0) is 37.3 Å². The number of rotatable bonds is 4. The molecular formula is C18H16N4O3. The summed E-state index contributed by atoms with van der Waals surface area (Å²) in [4.78, 5) is 41.9. The van der Waals surface area contributed by atoms with Crippen LogP contribution in [-0.4, -0.2) is 28.3 Å². The number of aromatic amines is 1. The monoisotopic (exact) mass is 336 g/mol. The summed E-state index contributed by atoms with van der Waals surface area (Å²) in [7, 11) is 0. The lowest BCUT2D eigenvalue weighted by Gasteiger charge is -2.09. The van der Waals surface area contributed by atoms with Gasteiger partial charge in [0.05, 0.1) is 23.3 Å². The molecule has 7 nitrogen and oxygen atoms in total. The van der Waals surface area contributed by atoms with E-state index in [0.29, 0.717) is 5.69 Å². The van der Waals surface area contributed by atoms with Gasteiger partial charge >= 0.3 is 0 Å². The number of hydrogen-bond donors (Lipinski definition) is 3. The van der Waals surface area contributed by atoms with E-state index >= 15 is 0 Å². The first kappa shape index (κ1) is 16.4. The Balaban J connectivity index is 1.66. The van der Waals surface area contributed by atoms with E-state index in [4.69, 9.17) is 0 Å². The summed E-state index contributed by atoms with van der Waals surface area (Å²) < 4.78 is 0. The highest BCUT2D eigenvalue weighted by Gasteiger charge is 2.10. The molecule has 7 heteroatoms.